The van der Waals surface area contributed by atoms with Gasteiger partial charge in [-0.1, -0.05) is 17.7 Å². The zero-order valence-corrected chi connectivity index (χ0v) is 16.3. The molecule has 3 heterocycles. The summed E-state index contributed by atoms with van der Waals surface area (Å²) in [6, 6.07) is 8.09. The molecule has 2 aliphatic heterocycles. The van der Waals surface area contributed by atoms with E-state index in [-0.39, 0.29) is 11.8 Å². The van der Waals surface area contributed by atoms with Crippen LogP contribution in [0, 0.1) is 6.92 Å². The number of anilines is 1. The number of nitrogens with one attached hydrogen (secondary N) is 1. The van der Waals surface area contributed by atoms with Gasteiger partial charge in [-0.2, -0.15) is 5.10 Å². The number of aromatic nitrogens is 2. The van der Waals surface area contributed by atoms with E-state index in [1.54, 1.807) is 0 Å². The number of hydrogen-bond acceptors (Lipinski definition) is 3. The Labute approximate surface area is 164 Å². The van der Waals surface area contributed by atoms with Crippen molar-refractivity contribution in [2.24, 2.45) is 0 Å². The summed E-state index contributed by atoms with van der Waals surface area (Å²) in [5.41, 5.74) is 4.07. The third kappa shape index (κ3) is 2.50. The molecule has 1 spiro atoms. The lowest BCUT2D eigenvalue weighted by atomic mass is 9.84. The van der Waals surface area contributed by atoms with Gasteiger partial charge in [-0.25, -0.2) is 0 Å². The van der Waals surface area contributed by atoms with Gasteiger partial charge in [0.15, 0.2) is 5.69 Å². The molecule has 1 N–H and O–H groups in total. The van der Waals surface area contributed by atoms with Crippen LogP contribution in [-0.4, -0.2) is 45.5 Å². The Kier molecular flexibility index (Phi) is 4.03. The normalized spacial score (nSPS) is 24.2. The Balaban J connectivity index is 1.48. The number of H-pyrrole nitrogens is 1. The van der Waals surface area contributed by atoms with Gasteiger partial charge in [0.05, 0.1) is 0 Å². The summed E-state index contributed by atoms with van der Waals surface area (Å²) in [7, 11) is 0. The van der Waals surface area contributed by atoms with Crippen LogP contribution in [0.4, 0.5) is 5.69 Å². The van der Waals surface area contributed by atoms with Crippen LogP contribution in [-0.2, 0) is 17.6 Å². The highest BCUT2D eigenvalue weighted by molar-refractivity contribution is 6.06. The topological polar surface area (TPSA) is 69.3 Å². The van der Waals surface area contributed by atoms with E-state index in [0.29, 0.717) is 18.8 Å². The number of aromatic amines is 1. The Morgan fingerprint density at radius 2 is 1.82 bits per heavy atom. The Bertz CT molecular complexity index is 933. The standard InChI is InChI=1S/C22H26N4O2/c1-15-7-9-16(10-8-15)25-13-3-11-22(21(25)28)12-4-14-26(22)20(27)19-17-5-2-6-18(17)23-24-19/h7-10H,2-6,11-14H2,1H3,(H,23,24). The van der Waals surface area contributed by atoms with Crippen molar-refractivity contribution < 1.29 is 9.59 Å². The first-order valence-electron chi connectivity index (χ1n) is 10.4. The molecule has 6 nitrogen and oxygen atoms in total. The molecule has 3 aliphatic rings. The number of hydrogen-bond donors (Lipinski definition) is 1. The minimum Gasteiger partial charge on any atom is -0.322 e. The zero-order chi connectivity index (χ0) is 19.3. The van der Waals surface area contributed by atoms with Gasteiger partial charge in [-0.05, 0) is 64.0 Å². The highest BCUT2D eigenvalue weighted by atomic mass is 16.2. The summed E-state index contributed by atoms with van der Waals surface area (Å²) in [6.07, 6.45) is 6.18. The number of rotatable bonds is 2. The van der Waals surface area contributed by atoms with E-state index in [1.807, 2.05) is 41.0 Å². The number of piperidine rings is 1. The van der Waals surface area contributed by atoms with E-state index < -0.39 is 5.54 Å². The van der Waals surface area contributed by atoms with Gasteiger partial charge >= 0.3 is 0 Å². The van der Waals surface area contributed by atoms with Crippen molar-refractivity contribution >= 4 is 17.5 Å². The zero-order valence-electron chi connectivity index (χ0n) is 16.3. The van der Waals surface area contributed by atoms with Gasteiger partial charge in [0.2, 0.25) is 0 Å². The molecule has 2 saturated heterocycles. The van der Waals surface area contributed by atoms with Gasteiger partial charge in [-0.3, -0.25) is 14.7 Å². The van der Waals surface area contributed by atoms with Crippen LogP contribution in [0.2, 0.25) is 0 Å². The van der Waals surface area contributed by atoms with Gasteiger partial charge in [0, 0.05) is 30.0 Å². The van der Waals surface area contributed by atoms with E-state index in [0.717, 1.165) is 61.9 Å². The number of likely N-dealkylation sites (tertiary alicyclic amines) is 1. The molecular formula is C22H26N4O2. The molecule has 0 saturated carbocycles. The van der Waals surface area contributed by atoms with E-state index in [1.165, 1.54) is 5.56 Å². The van der Waals surface area contributed by atoms with Crippen molar-refractivity contribution in [3.05, 3.63) is 46.8 Å². The van der Waals surface area contributed by atoms with E-state index >= 15 is 0 Å². The fourth-order valence-corrected chi connectivity index (χ4v) is 5.24. The molecule has 1 unspecified atom stereocenters. The maximum atomic E-state index is 13.7. The quantitative estimate of drug-likeness (QED) is 0.873. The van der Waals surface area contributed by atoms with Crippen molar-refractivity contribution in [3.8, 4) is 0 Å². The predicted molar refractivity (Wildman–Crippen MR) is 106 cm³/mol. The predicted octanol–water partition coefficient (Wildman–Crippen LogP) is 3.01. The molecule has 1 atom stereocenters. The molecule has 1 aromatic carbocycles. The highest BCUT2D eigenvalue weighted by Crippen LogP contribution is 2.41. The summed E-state index contributed by atoms with van der Waals surface area (Å²) < 4.78 is 0. The molecule has 28 heavy (non-hydrogen) atoms. The van der Waals surface area contributed by atoms with Crippen molar-refractivity contribution in [2.75, 3.05) is 18.0 Å². The molecule has 0 bridgehead atoms. The Hall–Kier alpha value is -2.63. The van der Waals surface area contributed by atoms with Crippen LogP contribution in [0.25, 0.3) is 0 Å². The first-order chi connectivity index (χ1) is 13.6. The third-order valence-electron chi connectivity index (χ3n) is 6.70. The van der Waals surface area contributed by atoms with Crippen molar-refractivity contribution in [3.63, 3.8) is 0 Å². The molecule has 1 aliphatic carbocycles. The van der Waals surface area contributed by atoms with Crippen molar-refractivity contribution in [2.45, 2.75) is 57.4 Å². The Morgan fingerprint density at radius 3 is 2.61 bits per heavy atom. The molecular weight excluding hydrogens is 352 g/mol. The molecule has 6 heteroatoms. The van der Waals surface area contributed by atoms with Crippen LogP contribution < -0.4 is 4.90 Å². The smallest absolute Gasteiger partial charge is 0.275 e. The second kappa shape index (κ2) is 6.47. The minimum atomic E-state index is -0.718. The van der Waals surface area contributed by atoms with E-state index in [4.69, 9.17) is 0 Å². The number of aryl methyl sites for hydroxylation is 2. The largest absolute Gasteiger partial charge is 0.322 e. The summed E-state index contributed by atoms with van der Waals surface area (Å²) in [6.45, 7) is 3.39. The van der Waals surface area contributed by atoms with E-state index in [2.05, 4.69) is 10.2 Å². The summed E-state index contributed by atoms with van der Waals surface area (Å²) in [5.74, 6) is -0.00311. The molecule has 1 aromatic heterocycles. The van der Waals surface area contributed by atoms with Crippen molar-refractivity contribution in [1.29, 1.82) is 0 Å². The number of carbonyl (C=O) groups is 2. The molecule has 0 radical (unpaired) electrons. The first-order valence-corrected chi connectivity index (χ1v) is 10.4. The summed E-state index contributed by atoms with van der Waals surface area (Å²) >= 11 is 0. The molecule has 146 valence electrons. The first kappa shape index (κ1) is 17.5. The second-order valence-electron chi connectivity index (χ2n) is 8.37. The second-order valence-corrected chi connectivity index (χ2v) is 8.37. The lowest BCUT2D eigenvalue weighted by Gasteiger charge is -2.44. The van der Waals surface area contributed by atoms with E-state index in [9.17, 15) is 9.59 Å². The molecule has 2 aromatic rings. The minimum absolute atomic E-state index is 0.0700. The SMILES string of the molecule is Cc1ccc(N2CCCC3(CCCN3C(=O)c3n[nH]c4c3CCC4)C2=O)cc1. The lowest BCUT2D eigenvalue weighted by Crippen LogP contribution is -2.61. The monoisotopic (exact) mass is 378 g/mol. The maximum absolute atomic E-state index is 13.7. The lowest BCUT2D eigenvalue weighted by molar-refractivity contribution is -0.130. The summed E-state index contributed by atoms with van der Waals surface area (Å²) in [4.78, 5) is 30.8. The van der Waals surface area contributed by atoms with Crippen molar-refractivity contribution in [1.82, 2.24) is 15.1 Å². The summed E-state index contributed by atoms with van der Waals surface area (Å²) in [5, 5.41) is 7.37. The number of benzene rings is 1. The highest BCUT2D eigenvalue weighted by Gasteiger charge is 2.53. The van der Waals surface area contributed by atoms with Gasteiger partial charge < -0.3 is 9.80 Å². The van der Waals surface area contributed by atoms with Gasteiger partial charge in [0.1, 0.15) is 5.54 Å². The Morgan fingerprint density at radius 1 is 1.07 bits per heavy atom. The van der Waals surface area contributed by atoms with Crippen LogP contribution in [0.3, 0.4) is 0 Å². The van der Waals surface area contributed by atoms with Crippen LogP contribution in [0.5, 0.6) is 0 Å². The number of carbonyl (C=O) groups excluding carboxylic acids is 2. The number of fused-ring (bicyclic) bond motifs is 1. The fraction of sp³-hybridized carbons (Fsp3) is 0.500. The van der Waals surface area contributed by atoms with Crippen LogP contribution >= 0.6 is 0 Å². The fourth-order valence-electron chi connectivity index (χ4n) is 5.24. The molecule has 2 fully saturated rings. The van der Waals surface area contributed by atoms with Gasteiger partial charge in [-0.15, -0.1) is 0 Å². The van der Waals surface area contributed by atoms with Crippen LogP contribution in [0.15, 0.2) is 24.3 Å². The third-order valence-corrected chi connectivity index (χ3v) is 6.70. The molecule has 5 rings (SSSR count). The average molecular weight is 378 g/mol. The van der Waals surface area contributed by atoms with Crippen LogP contribution in [0.1, 0.15) is 59.4 Å². The molecule has 2 amide bonds. The van der Waals surface area contributed by atoms with Gasteiger partial charge in [0.25, 0.3) is 11.8 Å². The average Bonchev–Trinajstić information content (AvgIpc) is 3.40. The maximum Gasteiger partial charge on any atom is 0.275 e. The number of amides is 2. The number of nitrogens with zero attached hydrogens (tertiary/aromatic N) is 3.